The first-order chi connectivity index (χ1) is 19.9. The van der Waals surface area contributed by atoms with Gasteiger partial charge in [-0.2, -0.15) is 5.26 Å². The Morgan fingerprint density at radius 3 is 2.44 bits per heavy atom. The van der Waals surface area contributed by atoms with E-state index in [9.17, 15) is 14.9 Å². The minimum atomic E-state index is -0.561. The molecule has 0 amide bonds. The molecule has 0 unspecified atom stereocenters. The zero-order chi connectivity index (χ0) is 29.4. The molecular formula is C29H33N5O5S2. The van der Waals surface area contributed by atoms with Crippen molar-refractivity contribution in [1.29, 1.82) is 5.26 Å². The fourth-order valence-electron chi connectivity index (χ4n) is 4.49. The third kappa shape index (κ3) is 6.92. The van der Waals surface area contributed by atoms with E-state index in [0.29, 0.717) is 45.7 Å². The summed E-state index contributed by atoms with van der Waals surface area (Å²) in [5.41, 5.74) is -0.113. The summed E-state index contributed by atoms with van der Waals surface area (Å²) in [7, 11) is 4.46. The van der Waals surface area contributed by atoms with Crippen molar-refractivity contribution in [3.8, 4) is 34.6 Å². The van der Waals surface area contributed by atoms with E-state index in [1.165, 1.54) is 63.7 Å². The van der Waals surface area contributed by atoms with E-state index in [2.05, 4.69) is 21.9 Å². The normalized spacial score (nSPS) is 11.0. The van der Waals surface area contributed by atoms with Gasteiger partial charge >= 0.3 is 0 Å². The summed E-state index contributed by atoms with van der Waals surface area (Å²) < 4.78 is 17.8. The van der Waals surface area contributed by atoms with Crippen LogP contribution in [0.15, 0.2) is 39.3 Å². The highest BCUT2D eigenvalue weighted by Gasteiger charge is 2.19. The van der Waals surface area contributed by atoms with Gasteiger partial charge in [-0.1, -0.05) is 44.4 Å². The van der Waals surface area contributed by atoms with Crippen LogP contribution < -0.4 is 25.3 Å². The summed E-state index contributed by atoms with van der Waals surface area (Å²) in [4.78, 5) is 39.6. The van der Waals surface area contributed by atoms with Gasteiger partial charge in [0, 0.05) is 22.7 Å². The summed E-state index contributed by atoms with van der Waals surface area (Å²) in [6.07, 6.45) is 8.57. The Balaban J connectivity index is 1.52. The Hall–Kier alpha value is -3.82. The van der Waals surface area contributed by atoms with Crippen LogP contribution in [-0.4, -0.2) is 46.6 Å². The summed E-state index contributed by atoms with van der Waals surface area (Å²) in [6, 6.07) is 7.19. The number of nitrogens with one attached hydrogen (secondary N) is 1. The predicted molar refractivity (Wildman–Crippen MR) is 162 cm³/mol. The maximum absolute atomic E-state index is 13.1. The number of hydrogen-bond donors (Lipinski definition) is 1. The highest BCUT2D eigenvalue weighted by Crippen LogP contribution is 2.41. The molecule has 0 fully saturated rings. The first kappa shape index (κ1) is 30.1. The molecule has 0 atom stereocenters. The van der Waals surface area contributed by atoms with Gasteiger partial charge in [0.05, 0.1) is 38.7 Å². The third-order valence-corrected chi connectivity index (χ3v) is 8.57. The molecule has 1 N–H and O–H groups in total. The lowest BCUT2D eigenvalue weighted by Gasteiger charge is -2.14. The van der Waals surface area contributed by atoms with Crippen molar-refractivity contribution in [2.45, 2.75) is 57.1 Å². The number of unbranched alkanes of at least 4 members (excludes halogenated alkanes) is 4. The van der Waals surface area contributed by atoms with E-state index >= 15 is 0 Å². The molecule has 41 heavy (non-hydrogen) atoms. The number of rotatable bonds is 14. The number of methoxy groups -OCH3 is 3. The lowest BCUT2D eigenvalue weighted by Crippen LogP contribution is -2.21. The SMILES string of the molecule is CCCCCCCc1cc2c(=O)n(CCSc3nc(-c4cc(OC)c(OC)c(OC)c4)c(C#N)c(=O)[nH]3)cnc2s1. The molecule has 0 spiro atoms. The Morgan fingerprint density at radius 1 is 1.05 bits per heavy atom. The number of aromatic nitrogens is 4. The number of H-pyrrole nitrogens is 1. The Bertz CT molecular complexity index is 1650. The van der Waals surface area contributed by atoms with Gasteiger partial charge in [0.2, 0.25) is 5.75 Å². The number of hydrogen-bond acceptors (Lipinski definition) is 10. The molecule has 0 saturated heterocycles. The van der Waals surface area contributed by atoms with Gasteiger partial charge in [0.15, 0.2) is 16.7 Å². The van der Waals surface area contributed by atoms with Gasteiger partial charge in [-0.05, 0) is 31.0 Å². The molecule has 3 heterocycles. The first-order valence-electron chi connectivity index (χ1n) is 13.4. The smallest absolute Gasteiger partial charge is 0.270 e. The molecule has 10 nitrogen and oxygen atoms in total. The fourth-order valence-corrected chi connectivity index (χ4v) is 6.32. The van der Waals surface area contributed by atoms with Crippen LogP contribution in [0.1, 0.15) is 49.5 Å². The highest BCUT2D eigenvalue weighted by molar-refractivity contribution is 7.99. The molecule has 0 radical (unpaired) electrons. The number of aromatic amines is 1. The van der Waals surface area contributed by atoms with Crippen molar-refractivity contribution >= 4 is 33.3 Å². The molecule has 0 bridgehead atoms. The van der Waals surface area contributed by atoms with Crippen LogP contribution in [0.25, 0.3) is 21.5 Å². The topological polar surface area (TPSA) is 132 Å². The minimum absolute atomic E-state index is 0.0801. The summed E-state index contributed by atoms with van der Waals surface area (Å²) in [5, 5.41) is 10.6. The van der Waals surface area contributed by atoms with Gasteiger partial charge < -0.3 is 19.2 Å². The largest absolute Gasteiger partial charge is 0.493 e. The van der Waals surface area contributed by atoms with Crippen LogP contribution in [0, 0.1) is 11.3 Å². The van der Waals surface area contributed by atoms with Crippen molar-refractivity contribution in [2.75, 3.05) is 27.1 Å². The number of aryl methyl sites for hydroxylation is 2. The van der Waals surface area contributed by atoms with Crippen molar-refractivity contribution in [3.05, 3.63) is 55.7 Å². The van der Waals surface area contributed by atoms with E-state index in [1.54, 1.807) is 34.4 Å². The number of fused-ring (bicyclic) bond motifs is 1. The average Bonchev–Trinajstić information content (AvgIpc) is 3.41. The Labute approximate surface area is 246 Å². The standard InChI is InChI=1S/C29H33N5O5S2/c1-5-6-7-8-9-10-19-15-20-27(41-19)31-17-34(28(20)36)11-12-40-29-32-24(21(16-30)26(35)33-29)18-13-22(37-2)25(39-4)23(14-18)38-3/h13-15,17H,5-12H2,1-4H3,(H,32,33,35). The van der Waals surface area contributed by atoms with Gasteiger partial charge in [-0.15, -0.1) is 11.3 Å². The second kappa shape index (κ2) is 14.2. The Kier molecular flexibility index (Phi) is 10.4. The molecule has 4 aromatic rings. The van der Waals surface area contributed by atoms with Gasteiger partial charge in [0.25, 0.3) is 11.1 Å². The third-order valence-electron chi connectivity index (χ3n) is 6.61. The maximum atomic E-state index is 13.1. The number of thiophene rings is 1. The molecule has 216 valence electrons. The highest BCUT2D eigenvalue weighted by atomic mass is 32.2. The lowest BCUT2D eigenvalue weighted by atomic mass is 10.1. The molecule has 0 aliphatic heterocycles. The Morgan fingerprint density at radius 2 is 1.78 bits per heavy atom. The summed E-state index contributed by atoms with van der Waals surface area (Å²) in [6.45, 7) is 2.58. The number of ether oxygens (including phenoxy) is 3. The van der Waals surface area contributed by atoms with Crippen LogP contribution in [0.2, 0.25) is 0 Å². The number of benzene rings is 1. The van der Waals surface area contributed by atoms with Crippen LogP contribution in [0.4, 0.5) is 0 Å². The second-order valence-electron chi connectivity index (χ2n) is 9.31. The van der Waals surface area contributed by atoms with Gasteiger partial charge in [0.1, 0.15) is 16.5 Å². The molecule has 3 aromatic heterocycles. The number of thioether (sulfide) groups is 1. The predicted octanol–water partition coefficient (Wildman–Crippen LogP) is 5.41. The van der Waals surface area contributed by atoms with E-state index in [0.717, 1.165) is 17.7 Å². The van der Waals surface area contributed by atoms with Gasteiger partial charge in [-0.25, -0.2) is 9.97 Å². The monoisotopic (exact) mass is 595 g/mol. The fraction of sp³-hybridized carbons (Fsp3) is 0.414. The van der Waals surface area contributed by atoms with Crippen molar-refractivity contribution < 1.29 is 14.2 Å². The average molecular weight is 596 g/mol. The first-order valence-corrected chi connectivity index (χ1v) is 15.2. The maximum Gasteiger partial charge on any atom is 0.270 e. The second-order valence-corrected chi connectivity index (χ2v) is 11.5. The number of nitriles is 1. The zero-order valence-corrected chi connectivity index (χ0v) is 25.2. The van der Waals surface area contributed by atoms with Crippen LogP contribution in [-0.2, 0) is 13.0 Å². The van der Waals surface area contributed by atoms with Crippen LogP contribution in [0.5, 0.6) is 17.2 Å². The molecule has 0 aliphatic carbocycles. The van der Waals surface area contributed by atoms with Crippen molar-refractivity contribution in [2.24, 2.45) is 0 Å². The summed E-state index contributed by atoms with van der Waals surface area (Å²) >= 11 is 2.86. The van der Waals surface area contributed by atoms with Crippen LogP contribution in [0.3, 0.4) is 0 Å². The molecular weight excluding hydrogens is 562 g/mol. The van der Waals surface area contributed by atoms with Gasteiger partial charge in [-0.3, -0.25) is 14.2 Å². The minimum Gasteiger partial charge on any atom is -0.493 e. The summed E-state index contributed by atoms with van der Waals surface area (Å²) in [5.74, 6) is 1.58. The van der Waals surface area contributed by atoms with E-state index < -0.39 is 5.56 Å². The molecule has 0 saturated carbocycles. The van der Waals surface area contributed by atoms with Crippen molar-refractivity contribution in [3.63, 3.8) is 0 Å². The molecule has 12 heteroatoms. The van der Waals surface area contributed by atoms with E-state index in [-0.39, 0.29) is 16.8 Å². The molecule has 0 aliphatic rings. The number of nitrogens with zero attached hydrogens (tertiary/aromatic N) is 4. The molecule has 4 rings (SSSR count). The lowest BCUT2D eigenvalue weighted by molar-refractivity contribution is 0.324. The quantitative estimate of drug-likeness (QED) is 0.115. The zero-order valence-electron chi connectivity index (χ0n) is 23.6. The van der Waals surface area contributed by atoms with E-state index in [4.69, 9.17) is 14.2 Å². The molecule has 1 aromatic carbocycles. The van der Waals surface area contributed by atoms with Crippen LogP contribution >= 0.6 is 23.1 Å². The van der Waals surface area contributed by atoms with Crippen molar-refractivity contribution in [1.82, 2.24) is 19.5 Å². The van der Waals surface area contributed by atoms with E-state index in [1.807, 2.05) is 12.1 Å².